The van der Waals surface area contributed by atoms with Crippen LogP contribution in [0.1, 0.15) is 22.3 Å². The molecule has 1 aliphatic heterocycles. The van der Waals surface area contributed by atoms with Gasteiger partial charge in [0, 0.05) is 5.56 Å². The molecular weight excluding hydrogens is 220 g/mol. The average Bonchev–Trinajstić information content (AvgIpc) is 2.41. The lowest BCUT2D eigenvalue weighted by Crippen LogP contribution is -2.04. The zero-order valence-corrected chi connectivity index (χ0v) is 10.7. The fourth-order valence-corrected chi connectivity index (χ4v) is 2.25. The van der Waals surface area contributed by atoms with Gasteiger partial charge in [-0.25, -0.2) is 0 Å². The Morgan fingerprint density at radius 1 is 0.944 bits per heavy atom. The first-order valence-corrected chi connectivity index (χ1v) is 6.27. The van der Waals surface area contributed by atoms with Crippen LogP contribution in [-0.2, 0) is 6.42 Å². The third kappa shape index (κ3) is 1.92. The summed E-state index contributed by atoms with van der Waals surface area (Å²) < 4.78 is 6.01. The molecule has 0 amide bonds. The van der Waals surface area contributed by atoms with Crippen LogP contribution in [0.3, 0.4) is 0 Å². The highest BCUT2D eigenvalue weighted by molar-refractivity contribution is 5.65. The van der Waals surface area contributed by atoms with Crippen LogP contribution in [0.2, 0.25) is 0 Å². The lowest BCUT2D eigenvalue weighted by atomic mass is 10.00. The van der Waals surface area contributed by atoms with Crippen LogP contribution in [0.5, 0.6) is 5.75 Å². The fourth-order valence-electron chi connectivity index (χ4n) is 2.25. The Hall–Kier alpha value is -2.02. The molecule has 0 bridgehead atoms. The molecule has 18 heavy (non-hydrogen) atoms. The number of aryl methyl sites for hydroxylation is 2. The molecule has 1 nitrogen and oxygen atoms in total. The molecule has 2 aromatic carbocycles. The van der Waals surface area contributed by atoms with Gasteiger partial charge in [0.25, 0.3) is 0 Å². The maximum absolute atomic E-state index is 6.01. The van der Waals surface area contributed by atoms with Crippen molar-refractivity contribution in [2.45, 2.75) is 20.3 Å². The first kappa shape index (κ1) is 11.1. The van der Waals surface area contributed by atoms with Gasteiger partial charge in [-0.3, -0.25) is 0 Å². The molecule has 90 valence electrons. The van der Waals surface area contributed by atoms with Crippen LogP contribution in [0.4, 0.5) is 0 Å². The predicted octanol–water partition coefficient (Wildman–Crippen LogP) is 4.28. The zero-order valence-electron chi connectivity index (χ0n) is 10.7. The minimum atomic E-state index is 0.945. The number of hydrogen-bond donors (Lipinski definition) is 0. The van der Waals surface area contributed by atoms with Crippen molar-refractivity contribution in [3.63, 3.8) is 0 Å². The van der Waals surface area contributed by atoms with Crippen molar-refractivity contribution in [3.05, 3.63) is 70.8 Å². The molecule has 0 spiro atoms. The molecule has 0 saturated carbocycles. The van der Waals surface area contributed by atoms with E-state index in [4.69, 9.17) is 4.74 Å². The zero-order chi connectivity index (χ0) is 12.5. The van der Waals surface area contributed by atoms with Gasteiger partial charge in [0.15, 0.2) is 0 Å². The van der Waals surface area contributed by atoms with Gasteiger partial charge in [-0.15, -0.1) is 0 Å². The molecule has 0 saturated heterocycles. The summed E-state index contributed by atoms with van der Waals surface area (Å²) in [5.41, 5.74) is 5.02. The van der Waals surface area contributed by atoms with Gasteiger partial charge in [-0.2, -0.15) is 0 Å². The van der Waals surface area contributed by atoms with E-state index in [1.54, 1.807) is 0 Å². The number of ether oxygens (including phenoxy) is 1. The molecule has 0 unspecified atom stereocenters. The molecule has 2 aromatic rings. The van der Waals surface area contributed by atoms with Crippen molar-refractivity contribution in [1.82, 2.24) is 0 Å². The SMILES string of the molecule is Cc1cc2c(cc1C)OC(c1ccccc1)=CC2. The molecule has 0 N–H and O–H groups in total. The minimum absolute atomic E-state index is 0.945. The quantitative estimate of drug-likeness (QED) is 0.718. The molecule has 0 aromatic heterocycles. The number of hydrogen-bond acceptors (Lipinski definition) is 1. The maximum atomic E-state index is 6.01. The molecular formula is C17H16O. The molecule has 1 heterocycles. The van der Waals surface area contributed by atoms with Gasteiger partial charge < -0.3 is 4.74 Å². The molecule has 1 aliphatic rings. The second-order valence-corrected chi connectivity index (χ2v) is 4.78. The number of fused-ring (bicyclic) bond motifs is 1. The fraction of sp³-hybridized carbons (Fsp3) is 0.176. The van der Waals surface area contributed by atoms with E-state index in [9.17, 15) is 0 Å². The standard InChI is InChI=1S/C17H16O/c1-12-10-15-8-9-16(14-6-4-3-5-7-14)18-17(15)11-13(12)2/h3-7,9-11H,8H2,1-2H3. The lowest BCUT2D eigenvalue weighted by molar-refractivity contribution is 0.497. The maximum Gasteiger partial charge on any atom is 0.131 e. The molecule has 3 rings (SSSR count). The second kappa shape index (κ2) is 4.34. The average molecular weight is 236 g/mol. The second-order valence-electron chi connectivity index (χ2n) is 4.78. The summed E-state index contributed by atoms with van der Waals surface area (Å²) in [6.45, 7) is 4.27. The third-order valence-corrected chi connectivity index (χ3v) is 3.46. The molecule has 0 radical (unpaired) electrons. The van der Waals surface area contributed by atoms with E-state index in [1.165, 1.54) is 16.7 Å². The summed E-state index contributed by atoms with van der Waals surface area (Å²) in [5, 5.41) is 0. The Morgan fingerprint density at radius 3 is 2.44 bits per heavy atom. The Kier molecular flexibility index (Phi) is 2.67. The third-order valence-electron chi connectivity index (χ3n) is 3.46. The van der Waals surface area contributed by atoms with Gasteiger partial charge in [-0.05, 0) is 49.1 Å². The van der Waals surface area contributed by atoms with E-state index in [-0.39, 0.29) is 0 Å². The van der Waals surface area contributed by atoms with Crippen LogP contribution in [-0.4, -0.2) is 0 Å². The summed E-state index contributed by atoms with van der Waals surface area (Å²) >= 11 is 0. The van der Waals surface area contributed by atoms with Crippen LogP contribution in [0, 0.1) is 13.8 Å². The van der Waals surface area contributed by atoms with E-state index in [0.29, 0.717) is 0 Å². The predicted molar refractivity (Wildman–Crippen MR) is 74.7 cm³/mol. The first-order chi connectivity index (χ1) is 8.74. The van der Waals surface area contributed by atoms with Gasteiger partial charge in [0.2, 0.25) is 0 Å². The Morgan fingerprint density at radius 2 is 1.67 bits per heavy atom. The smallest absolute Gasteiger partial charge is 0.131 e. The van der Waals surface area contributed by atoms with E-state index >= 15 is 0 Å². The highest BCUT2D eigenvalue weighted by Gasteiger charge is 2.14. The minimum Gasteiger partial charge on any atom is -0.457 e. The number of allylic oxidation sites excluding steroid dienone is 1. The van der Waals surface area contributed by atoms with Crippen molar-refractivity contribution in [1.29, 1.82) is 0 Å². The summed E-state index contributed by atoms with van der Waals surface area (Å²) in [5.74, 6) is 1.96. The molecule has 0 atom stereocenters. The van der Waals surface area contributed by atoms with E-state index in [2.05, 4.69) is 44.2 Å². The van der Waals surface area contributed by atoms with E-state index in [1.807, 2.05) is 18.2 Å². The monoisotopic (exact) mass is 236 g/mol. The van der Waals surface area contributed by atoms with E-state index in [0.717, 1.165) is 23.5 Å². The largest absolute Gasteiger partial charge is 0.457 e. The summed E-state index contributed by atoms with van der Waals surface area (Å²) in [4.78, 5) is 0. The van der Waals surface area contributed by atoms with Crippen molar-refractivity contribution >= 4 is 5.76 Å². The Balaban J connectivity index is 1.97. The van der Waals surface area contributed by atoms with Gasteiger partial charge in [-0.1, -0.05) is 36.4 Å². The van der Waals surface area contributed by atoms with Crippen LogP contribution < -0.4 is 4.74 Å². The van der Waals surface area contributed by atoms with Crippen molar-refractivity contribution in [2.24, 2.45) is 0 Å². The lowest BCUT2D eigenvalue weighted by Gasteiger charge is -2.20. The number of benzene rings is 2. The highest BCUT2D eigenvalue weighted by Crippen LogP contribution is 2.32. The normalized spacial score (nSPS) is 13.6. The first-order valence-electron chi connectivity index (χ1n) is 6.27. The van der Waals surface area contributed by atoms with E-state index < -0.39 is 0 Å². The summed E-state index contributed by atoms with van der Waals surface area (Å²) in [6.07, 6.45) is 3.10. The topological polar surface area (TPSA) is 9.23 Å². The van der Waals surface area contributed by atoms with Crippen LogP contribution in [0.25, 0.3) is 5.76 Å². The highest BCUT2D eigenvalue weighted by atomic mass is 16.5. The Labute approximate surface area is 108 Å². The van der Waals surface area contributed by atoms with Crippen molar-refractivity contribution in [3.8, 4) is 5.75 Å². The van der Waals surface area contributed by atoms with Crippen LogP contribution in [0.15, 0.2) is 48.5 Å². The summed E-state index contributed by atoms with van der Waals surface area (Å²) in [6, 6.07) is 14.6. The van der Waals surface area contributed by atoms with Gasteiger partial charge in [0.05, 0.1) is 0 Å². The van der Waals surface area contributed by atoms with Crippen molar-refractivity contribution in [2.75, 3.05) is 0 Å². The molecule has 0 fully saturated rings. The van der Waals surface area contributed by atoms with Gasteiger partial charge in [0.1, 0.15) is 11.5 Å². The summed E-state index contributed by atoms with van der Waals surface area (Å²) in [7, 11) is 0. The Bertz CT molecular complexity index is 609. The van der Waals surface area contributed by atoms with Crippen molar-refractivity contribution < 1.29 is 4.74 Å². The van der Waals surface area contributed by atoms with Crippen LogP contribution >= 0.6 is 0 Å². The molecule has 0 aliphatic carbocycles. The van der Waals surface area contributed by atoms with Gasteiger partial charge >= 0.3 is 0 Å². The number of rotatable bonds is 1. The molecule has 1 heteroatoms.